The molecule has 6 heteroatoms. The fraction of sp³-hybridized carbons (Fsp3) is 0.727. The lowest BCUT2D eigenvalue weighted by atomic mass is 9.85. The van der Waals surface area contributed by atoms with Crippen molar-refractivity contribution in [3.05, 3.63) is 12.2 Å². The maximum Gasteiger partial charge on any atom is 0.343 e. The molecule has 0 aromatic heterocycles. The lowest BCUT2D eigenvalue weighted by Gasteiger charge is -2.24. The molecule has 4 atom stereocenters. The second-order valence-electron chi connectivity index (χ2n) is 4.46. The van der Waals surface area contributed by atoms with E-state index in [4.69, 9.17) is 9.05 Å². The van der Waals surface area contributed by atoms with Crippen LogP contribution in [-0.4, -0.2) is 36.9 Å². The van der Waals surface area contributed by atoms with Gasteiger partial charge in [0, 0.05) is 20.1 Å². The highest BCUT2D eigenvalue weighted by molar-refractivity contribution is 7.55. The van der Waals surface area contributed by atoms with Gasteiger partial charge in [-0.25, -0.2) is 0 Å². The number of ketones is 1. The predicted octanol–water partition coefficient (Wildman–Crippen LogP) is 1.37. The highest BCUT2D eigenvalue weighted by atomic mass is 31.2. The number of aliphatic hydroxyl groups excluding tert-OH is 1. The third-order valence-electron chi connectivity index (χ3n) is 3.75. The molecule has 1 fully saturated rings. The Morgan fingerprint density at radius 3 is 2.41 bits per heavy atom. The van der Waals surface area contributed by atoms with Crippen LogP contribution < -0.4 is 0 Å². The molecule has 0 aliphatic heterocycles. The van der Waals surface area contributed by atoms with Crippen molar-refractivity contribution in [2.45, 2.75) is 24.6 Å². The van der Waals surface area contributed by atoms with Gasteiger partial charge in [0.05, 0.1) is 6.10 Å². The van der Waals surface area contributed by atoms with Gasteiger partial charge in [0.25, 0.3) is 0 Å². The zero-order chi connectivity index (χ0) is 12.6. The molecule has 17 heavy (non-hydrogen) atoms. The van der Waals surface area contributed by atoms with Gasteiger partial charge in [0.15, 0.2) is 5.78 Å². The van der Waals surface area contributed by atoms with Crippen molar-refractivity contribution >= 4 is 13.4 Å². The second kappa shape index (κ2) is 4.65. The molecule has 96 valence electrons. The summed E-state index contributed by atoms with van der Waals surface area (Å²) >= 11 is 0. The monoisotopic (exact) mass is 260 g/mol. The maximum absolute atomic E-state index is 12.3. The third-order valence-corrected chi connectivity index (χ3v) is 6.01. The Bertz CT molecular complexity index is 383. The van der Waals surface area contributed by atoms with E-state index in [0.717, 1.165) is 0 Å². The van der Waals surface area contributed by atoms with Gasteiger partial charge in [0.1, 0.15) is 5.66 Å². The molecule has 0 heterocycles. The molecule has 1 unspecified atom stereocenters. The van der Waals surface area contributed by atoms with Gasteiger partial charge >= 0.3 is 7.60 Å². The zero-order valence-corrected chi connectivity index (χ0v) is 10.8. The van der Waals surface area contributed by atoms with Crippen molar-refractivity contribution in [3.63, 3.8) is 0 Å². The molecule has 2 aliphatic rings. The van der Waals surface area contributed by atoms with E-state index in [1.54, 1.807) is 0 Å². The molecule has 0 saturated heterocycles. The number of carbonyl (C=O) groups excluding carboxylic acids is 1. The molecular formula is C11H17O5P. The molecule has 0 aromatic rings. The Morgan fingerprint density at radius 1 is 1.29 bits per heavy atom. The minimum absolute atomic E-state index is 0.156. The number of fused-ring (bicyclic) bond motifs is 1. The second-order valence-corrected chi connectivity index (χ2v) is 6.82. The molecule has 2 rings (SSSR count). The topological polar surface area (TPSA) is 72.8 Å². The summed E-state index contributed by atoms with van der Waals surface area (Å²) in [4.78, 5) is 12.2. The van der Waals surface area contributed by atoms with Gasteiger partial charge in [-0.3, -0.25) is 9.36 Å². The van der Waals surface area contributed by atoms with Crippen LogP contribution in [0.15, 0.2) is 12.2 Å². The first-order valence-corrected chi connectivity index (χ1v) is 7.24. The van der Waals surface area contributed by atoms with Gasteiger partial charge in [0.2, 0.25) is 0 Å². The quantitative estimate of drug-likeness (QED) is 0.612. The van der Waals surface area contributed by atoms with E-state index in [0.29, 0.717) is 12.8 Å². The van der Waals surface area contributed by atoms with Gasteiger partial charge < -0.3 is 14.2 Å². The van der Waals surface area contributed by atoms with Crippen LogP contribution in [0.25, 0.3) is 0 Å². The highest BCUT2D eigenvalue weighted by Crippen LogP contribution is 2.59. The number of Topliss-reactive ketones (excluding diaryl/α,β-unsaturated/α-hetero) is 1. The van der Waals surface area contributed by atoms with E-state index in [-0.39, 0.29) is 17.6 Å². The van der Waals surface area contributed by atoms with Crippen LogP contribution >= 0.6 is 7.60 Å². The SMILES string of the molecule is COP(=O)(OC)C1C(=O)[C@H]2CC=CC[C@H]2[C@H]1O. The minimum atomic E-state index is -3.54. The van der Waals surface area contributed by atoms with Crippen LogP contribution in [0.2, 0.25) is 0 Å². The first kappa shape index (κ1) is 13.0. The number of carbonyl (C=O) groups is 1. The van der Waals surface area contributed by atoms with Crippen LogP contribution in [0.1, 0.15) is 12.8 Å². The smallest absolute Gasteiger partial charge is 0.343 e. The van der Waals surface area contributed by atoms with Crippen LogP contribution in [0.4, 0.5) is 0 Å². The third kappa shape index (κ3) is 1.91. The first-order chi connectivity index (χ1) is 8.05. The lowest BCUT2D eigenvalue weighted by Crippen LogP contribution is -2.29. The predicted molar refractivity (Wildman–Crippen MR) is 61.8 cm³/mol. The van der Waals surface area contributed by atoms with Crippen molar-refractivity contribution < 1.29 is 23.5 Å². The lowest BCUT2D eigenvalue weighted by molar-refractivity contribution is -0.121. The van der Waals surface area contributed by atoms with E-state index >= 15 is 0 Å². The van der Waals surface area contributed by atoms with Gasteiger partial charge in [-0.1, -0.05) is 12.2 Å². The summed E-state index contributed by atoms with van der Waals surface area (Å²) in [6, 6.07) is 0. The average molecular weight is 260 g/mol. The van der Waals surface area contributed by atoms with Crippen molar-refractivity contribution in [2.75, 3.05) is 14.2 Å². The molecule has 0 radical (unpaired) electrons. The van der Waals surface area contributed by atoms with E-state index in [2.05, 4.69) is 0 Å². The molecule has 1 saturated carbocycles. The Labute approximate surface area is 100 Å². The molecule has 5 nitrogen and oxygen atoms in total. The van der Waals surface area contributed by atoms with Gasteiger partial charge in [-0.15, -0.1) is 0 Å². The molecule has 0 spiro atoms. The van der Waals surface area contributed by atoms with E-state index in [9.17, 15) is 14.5 Å². The molecule has 1 N–H and O–H groups in total. The average Bonchev–Trinajstić information content (AvgIpc) is 2.62. The van der Waals surface area contributed by atoms with Crippen molar-refractivity contribution in [1.29, 1.82) is 0 Å². The standard InChI is InChI=1S/C11H17O5P/c1-15-17(14,16-2)11-9(12)7-5-3-4-6-8(7)10(11)13/h3-4,7-9,11-12H,5-6H2,1-2H3/t7-,8+,9-,11?/m1/s1. The fourth-order valence-electron chi connectivity index (χ4n) is 2.81. The molecule has 0 bridgehead atoms. The Kier molecular flexibility index (Phi) is 3.55. The first-order valence-electron chi connectivity index (χ1n) is 5.63. The van der Waals surface area contributed by atoms with Crippen LogP contribution in [0.5, 0.6) is 0 Å². The Morgan fingerprint density at radius 2 is 1.88 bits per heavy atom. The molecule has 0 amide bonds. The maximum atomic E-state index is 12.3. The Hall–Kier alpha value is -0.480. The van der Waals surface area contributed by atoms with Crippen LogP contribution in [0, 0.1) is 11.8 Å². The van der Waals surface area contributed by atoms with Crippen LogP contribution in [0.3, 0.4) is 0 Å². The summed E-state index contributed by atoms with van der Waals surface area (Å²) in [6.07, 6.45) is 4.18. The van der Waals surface area contributed by atoms with E-state index < -0.39 is 19.4 Å². The van der Waals surface area contributed by atoms with Crippen molar-refractivity contribution in [3.8, 4) is 0 Å². The van der Waals surface area contributed by atoms with E-state index in [1.807, 2.05) is 12.2 Å². The Balaban J connectivity index is 2.32. The summed E-state index contributed by atoms with van der Waals surface area (Å²) in [7, 11) is -1.06. The summed E-state index contributed by atoms with van der Waals surface area (Å²) in [5.74, 6) is -0.603. The molecule has 2 aliphatic carbocycles. The summed E-state index contributed by atoms with van der Waals surface area (Å²) in [5, 5.41) is 10.2. The highest BCUT2D eigenvalue weighted by Gasteiger charge is 2.57. The summed E-state index contributed by atoms with van der Waals surface area (Å²) in [5.41, 5.74) is -1.03. The number of hydrogen-bond acceptors (Lipinski definition) is 5. The van der Waals surface area contributed by atoms with Crippen LogP contribution in [-0.2, 0) is 18.4 Å². The normalized spacial score (nSPS) is 37.2. The number of hydrogen-bond donors (Lipinski definition) is 1. The van der Waals surface area contributed by atoms with Crippen molar-refractivity contribution in [2.24, 2.45) is 11.8 Å². The number of rotatable bonds is 3. The zero-order valence-electron chi connectivity index (χ0n) is 9.91. The fourth-order valence-corrected chi connectivity index (χ4v) is 4.51. The molecule has 0 aromatic carbocycles. The summed E-state index contributed by atoms with van der Waals surface area (Å²) < 4.78 is 22.0. The van der Waals surface area contributed by atoms with Gasteiger partial charge in [-0.2, -0.15) is 0 Å². The summed E-state index contributed by atoms with van der Waals surface area (Å²) in [6.45, 7) is 0. The minimum Gasteiger partial charge on any atom is -0.391 e. The number of aliphatic hydroxyl groups is 1. The number of allylic oxidation sites excluding steroid dienone is 2. The molecular weight excluding hydrogens is 243 g/mol. The van der Waals surface area contributed by atoms with Crippen molar-refractivity contribution in [1.82, 2.24) is 0 Å². The van der Waals surface area contributed by atoms with Gasteiger partial charge in [-0.05, 0) is 18.8 Å². The largest absolute Gasteiger partial charge is 0.391 e. The van der Waals surface area contributed by atoms with E-state index in [1.165, 1.54) is 14.2 Å².